The molecule has 7 nitrogen and oxygen atoms in total. The molecule has 30 heavy (non-hydrogen) atoms. The minimum atomic E-state index is -0.164. The van der Waals surface area contributed by atoms with Gasteiger partial charge >= 0.3 is 0 Å². The van der Waals surface area contributed by atoms with Gasteiger partial charge in [0.2, 0.25) is 0 Å². The SMILES string of the molecule is CCOc1ccccc1OCC(=O)N1CCN(C(=O)c2cc(Cl)ccc2OC)CC1. The molecule has 0 N–H and O–H groups in total. The molecule has 8 heteroatoms. The summed E-state index contributed by atoms with van der Waals surface area (Å²) in [6.07, 6.45) is 0. The molecule has 0 bridgehead atoms. The van der Waals surface area contributed by atoms with Gasteiger partial charge in [0.25, 0.3) is 11.8 Å². The number of hydrogen-bond donors (Lipinski definition) is 0. The minimum absolute atomic E-state index is 0.0832. The number of benzene rings is 2. The van der Waals surface area contributed by atoms with Gasteiger partial charge in [-0.15, -0.1) is 0 Å². The highest BCUT2D eigenvalue weighted by Gasteiger charge is 2.27. The Balaban J connectivity index is 1.55. The van der Waals surface area contributed by atoms with Crippen LogP contribution in [0, 0.1) is 0 Å². The van der Waals surface area contributed by atoms with Crippen LogP contribution in [0.4, 0.5) is 0 Å². The van der Waals surface area contributed by atoms with Crippen molar-refractivity contribution in [2.45, 2.75) is 6.92 Å². The van der Waals surface area contributed by atoms with E-state index in [1.54, 1.807) is 40.1 Å². The van der Waals surface area contributed by atoms with Crippen molar-refractivity contribution in [3.8, 4) is 17.2 Å². The molecule has 1 fully saturated rings. The predicted molar refractivity (Wildman–Crippen MR) is 114 cm³/mol. The van der Waals surface area contributed by atoms with Crippen molar-refractivity contribution < 1.29 is 23.8 Å². The van der Waals surface area contributed by atoms with Crippen LogP contribution >= 0.6 is 11.6 Å². The van der Waals surface area contributed by atoms with Crippen LogP contribution in [0.15, 0.2) is 42.5 Å². The molecule has 1 aliphatic heterocycles. The molecule has 2 aromatic rings. The van der Waals surface area contributed by atoms with E-state index in [0.29, 0.717) is 60.6 Å². The number of hydrogen-bond acceptors (Lipinski definition) is 5. The lowest BCUT2D eigenvalue weighted by Crippen LogP contribution is -2.51. The first-order valence-corrected chi connectivity index (χ1v) is 10.2. The molecule has 0 spiro atoms. The Labute approximate surface area is 181 Å². The number of amides is 2. The lowest BCUT2D eigenvalue weighted by molar-refractivity contribution is -0.134. The third kappa shape index (κ3) is 5.16. The van der Waals surface area contributed by atoms with Crippen LogP contribution in [-0.2, 0) is 4.79 Å². The highest BCUT2D eigenvalue weighted by atomic mass is 35.5. The molecule has 1 heterocycles. The maximum Gasteiger partial charge on any atom is 0.260 e. The zero-order valence-corrected chi connectivity index (χ0v) is 17.9. The van der Waals surface area contributed by atoms with Crippen molar-refractivity contribution in [1.29, 1.82) is 0 Å². The van der Waals surface area contributed by atoms with Crippen molar-refractivity contribution in [1.82, 2.24) is 9.80 Å². The fourth-order valence-electron chi connectivity index (χ4n) is 3.25. The molecule has 0 atom stereocenters. The van der Waals surface area contributed by atoms with Crippen LogP contribution < -0.4 is 14.2 Å². The van der Waals surface area contributed by atoms with Gasteiger partial charge in [0, 0.05) is 31.2 Å². The van der Waals surface area contributed by atoms with Crippen LogP contribution in [0.3, 0.4) is 0 Å². The number of methoxy groups -OCH3 is 1. The summed E-state index contributed by atoms with van der Waals surface area (Å²) in [5, 5.41) is 0.470. The van der Waals surface area contributed by atoms with Crippen LogP contribution in [0.1, 0.15) is 17.3 Å². The van der Waals surface area contributed by atoms with Crippen molar-refractivity contribution >= 4 is 23.4 Å². The number of carbonyl (C=O) groups is 2. The van der Waals surface area contributed by atoms with Crippen LogP contribution in [0.25, 0.3) is 0 Å². The Morgan fingerprint density at radius 1 is 0.933 bits per heavy atom. The van der Waals surface area contributed by atoms with Gasteiger partial charge in [-0.2, -0.15) is 0 Å². The van der Waals surface area contributed by atoms with Gasteiger partial charge in [0.1, 0.15) is 5.75 Å². The number of ether oxygens (including phenoxy) is 3. The highest BCUT2D eigenvalue weighted by molar-refractivity contribution is 6.31. The molecule has 2 amide bonds. The van der Waals surface area contributed by atoms with E-state index in [9.17, 15) is 9.59 Å². The van der Waals surface area contributed by atoms with E-state index in [0.717, 1.165) is 0 Å². The van der Waals surface area contributed by atoms with Gasteiger partial charge in [-0.25, -0.2) is 0 Å². The lowest BCUT2D eigenvalue weighted by Gasteiger charge is -2.35. The number of nitrogens with zero attached hydrogens (tertiary/aromatic N) is 2. The second-order valence-electron chi connectivity index (χ2n) is 6.69. The topological polar surface area (TPSA) is 68.3 Å². The quantitative estimate of drug-likeness (QED) is 0.672. The first-order valence-electron chi connectivity index (χ1n) is 9.78. The Morgan fingerprint density at radius 3 is 2.20 bits per heavy atom. The predicted octanol–water partition coefficient (Wildman–Crippen LogP) is 3.11. The summed E-state index contributed by atoms with van der Waals surface area (Å²) in [5.41, 5.74) is 0.417. The molecule has 0 radical (unpaired) electrons. The zero-order chi connectivity index (χ0) is 21.5. The summed E-state index contributed by atoms with van der Waals surface area (Å²) in [5.74, 6) is 1.33. The smallest absolute Gasteiger partial charge is 0.260 e. The van der Waals surface area contributed by atoms with Crippen LogP contribution in [0.5, 0.6) is 17.2 Å². The normalized spacial score (nSPS) is 13.7. The molecular formula is C22H25ClN2O5. The number of halogens is 1. The molecule has 160 valence electrons. The first-order chi connectivity index (χ1) is 14.5. The van der Waals surface area contributed by atoms with Gasteiger partial charge < -0.3 is 24.0 Å². The second-order valence-corrected chi connectivity index (χ2v) is 7.12. The Morgan fingerprint density at radius 2 is 1.57 bits per heavy atom. The summed E-state index contributed by atoms with van der Waals surface area (Å²) in [6, 6.07) is 12.2. The van der Waals surface area contributed by atoms with E-state index in [1.807, 2.05) is 19.1 Å². The van der Waals surface area contributed by atoms with E-state index in [-0.39, 0.29) is 18.4 Å². The molecule has 0 aliphatic carbocycles. The van der Waals surface area contributed by atoms with Crippen molar-refractivity contribution in [2.24, 2.45) is 0 Å². The van der Waals surface area contributed by atoms with E-state index in [1.165, 1.54) is 7.11 Å². The first kappa shape index (κ1) is 21.8. The second kappa shape index (κ2) is 10.2. The van der Waals surface area contributed by atoms with Gasteiger partial charge in [-0.3, -0.25) is 9.59 Å². The average Bonchev–Trinajstić information content (AvgIpc) is 2.78. The summed E-state index contributed by atoms with van der Waals surface area (Å²) in [6.45, 7) is 4.04. The van der Waals surface area contributed by atoms with Gasteiger partial charge in [0.05, 0.1) is 19.3 Å². The third-order valence-corrected chi connectivity index (χ3v) is 5.05. The number of rotatable bonds is 7. The van der Waals surface area contributed by atoms with E-state index in [4.69, 9.17) is 25.8 Å². The van der Waals surface area contributed by atoms with Gasteiger partial charge in [0.15, 0.2) is 18.1 Å². The highest BCUT2D eigenvalue weighted by Crippen LogP contribution is 2.27. The maximum atomic E-state index is 12.9. The molecule has 0 aromatic heterocycles. The summed E-state index contributed by atoms with van der Waals surface area (Å²) in [4.78, 5) is 28.8. The number of para-hydroxylation sites is 2. The Kier molecular flexibility index (Phi) is 7.41. The fraction of sp³-hybridized carbons (Fsp3) is 0.364. The fourth-order valence-corrected chi connectivity index (χ4v) is 3.42. The average molecular weight is 433 g/mol. The molecule has 3 rings (SSSR count). The monoisotopic (exact) mass is 432 g/mol. The van der Waals surface area contributed by atoms with E-state index < -0.39 is 0 Å². The third-order valence-electron chi connectivity index (χ3n) is 4.81. The van der Waals surface area contributed by atoms with Gasteiger partial charge in [-0.1, -0.05) is 23.7 Å². The molecule has 0 unspecified atom stereocenters. The van der Waals surface area contributed by atoms with Crippen molar-refractivity contribution in [2.75, 3.05) is 46.5 Å². The molecule has 0 saturated carbocycles. The van der Waals surface area contributed by atoms with Gasteiger partial charge in [-0.05, 0) is 37.3 Å². The minimum Gasteiger partial charge on any atom is -0.496 e. The Hall–Kier alpha value is -2.93. The zero-order valence-electron chi connectivity index (χ0n) is 17.1. The molecule has 2 aromatic carbocycles. The van der Waals surface area contributed by atoms with Crippen molar-refractivity contribution in [3.05, 3.63) is 53.1 Å². The largest absolute Gasteiger partial charge is 0.496 e. The van der Waals surface area contributed by atoms with Crippen molar-refractivity contribution in [3.63, 3.8) is 0 Å². The van der Waals surface area contributed by atoms with Crippen LogP contribution in [0.2, 0.25) is 5.02 Å². The summed E-state index contributed by atoms with van der Waals surface area (Å²) < 4.78 is 16.4. The molecule has 1 saturated heterocycles. The molecule has 1 aliphatic rings. The molecular weight excluding hydrogens is 408 g/mol. The lowest BCUT2D eigenvalue weighted by atomic mass is 10.1. The summed E-state index contributed by atoms with van der Waals surface area (Å²) in [7, 11) is 1.51. The summed E-state index contributed by atoms with van der Waals surface area (Å²) >= 11 is 6.04. The Bertz CT molecular complexity index is 897. The number of piperazine rings is 1. The maximum absolute atomic E-state index is 12.9. The number of carbonyl (C=O) groups excluding carboxylic acids is 2. The van der Waals surface area contributed by atoms with E-state index >= 15 is 0 Å². The van der Waals surface area contributed by atoms with E-state index in [2.05, 4.69) is 0 Å². The van der Waals surface area contributed by atoms with Crippen LogP contribution in [-0.4, -0.2) is 68.1 Å². The standard InChI is InChI=1S/C22H25ClN2O5/c1-3-29-19-6-4-5-7-20(19)30-15-21(26)24-10-12-25(13-11-24)22(27)17-14-16(23)8-9-18(17)28-2/h4-9,14H,3,10-13,15H2,1-2H3.